The van der Waals surface area contributed by atoms with Gasteiger partial charge >= 0.3 is 0 Å². The number of nitriles is 1. The molecule has 1 unspecified atom stereocenters. The quantitative estimate of drug-likeness (QED) is 0.759. The van der Waals surface area contributed by atoms with Gasteiger partial charge in [0.2, 0.25) is 0 Å². The summed E-state index contributed by atoms with van der Waals surface area (Å²) in [6.07, 6.45) is 0. The summed E-state index contributed by atoms with van der Waals surface area (Å²) in [5, 5.41) is 13.3. The Balaban J connectivity index is 1.77. The molecule has 5 heteroatoms. The molecule has 0 bridgehead atoms. The van der Waals surface area contributed by atoms with Crippen molar-refractivity contribution in [3.05, 3.63) is 70.4 Å². The summed E-state index contributed by atoms with van der Waals surface area (Å²) < 4.78 is 0. The minimum Gasteiger partial charge on any atom is -0.351 e. The van der Waals surface area contributed by atoms with Crippen LogP contribution in [0.25, 0.3) is 10.9 Å². The molecule has 0 aliphatic carbocycles. The highest BCUT2D eigenvalue weighted by molar-refractivity contribution is 6.31. The Labute approximate surface area is 138 Å². The van der Waals surface area contributed by atoms with Crippen LogP contribution in [-0.2, 0) is 0 Å². The van der Waals surface area contributed by atoms with Gasteiger partial charge in [-0.05, 0) is 48.9 Å². The molecule has 0 saturated heterocycles. The molecule has 1 atom stereocenters. The lowest BCUT2D eigenvalue weighted by Gasteiger charge is -2.13. The Kier molecular flexibility index (Phi) is 4.05. The fourth-order valence-electron chi connectivity index (χ4n) is 2.43. The van der Waals surface area contributed by atoms with Crippen LogP contribution in [0.1, 0.15) is 34.6 Å². The molecule has 4 nitrogen and oxygen atoms in total. The number of fused-ring (bicyclic) bond motifs is 1. The molecule has 1 heterocycles. The van der Waals surface area contributed by atoms with Crippen molar-refractivity contribution in [2.45, 2.75) is 13.0 Å². The summed E-state index contributed by atoms with van der Waals surface area (Å²) in [4.78, 5) is 15.5. The molecular formula is C18H14ClN3O. The van der Waals surface area contributed by atoms with Gasteiger partial charge in [-0.25, -0.2) is 0 Å². The zero-order chi connectivity index (χ0) is 16.4. The van der Waals surface area contributed by atoms with Crippen LogP contribution in [0.5, 0.6) is 0 Å². The number of carbonyl (C=O) groups excluding carboxylic acids is 1. The van der Waals surface area contributed by atoms with Crippen molar-refractivity contribution in [2.75, 3.05) is 0 Å². The van der Waals surface area contributed by atoms with E-state index in [-0.39, 0.29) is 11.9 Å². The average molecular weight is 324 g/mol. The van der Waals surface area contributed by atoms with Gasteiger partial charge in [0.25, 0.3) is 5.91 Å². The second-order valence-corrected chi connectivity index (χ2v) is 5.78. The van der Waals surface area contributed by atoms with E-state index in [4.69, 9.17) is 16.9 Å². The largest absolute Gasteiger partial charge is 0.351 e. The van der Waals surface area contributed by atoms with Crippen LogP contribution in [0.2, 0.25) is 5.02 Å². The zero-order valence-corrected chi connectivity index (χ0v) is 13.2. The standard InChI is InChI=1S/C18H14ClN3O/c1-11(13-4-2-12(10-20)3-5-13)21-18(23)17-9-14-8-15(19)6-7-16(14)22-17/h2-9,11,22H,1H3,(H,21,23). The van der Waals surface area contributed by atoms with Gasteiger partial charge in [0, 0.05) is 15.9 Å². The number of halogens is 1. The molecule has 1 amide bonds. The normalized spacial score (nSPS) is 11.9. The number of rotatable bonds is 3. The van der Waals surface area contributed by atoms with Crippen LogP contribution in [0.4, 0.5) is 0 Å². The van der Waals surface area contributed by atoms with Gasteiger partial charge in [0.1, 0.15) is 5.69 Å². The molecular weight excluding hydrogens is 310 g/mol. The minimum atomic E-state index is -0.186. The van der Waals surface area contributed by atoms with E-state index in [2.05, 4.69) is 16.4 Å². The maximum absolute atomic E-state index is 12.4. The van der Waals surface area contributed by atoms with Crippen molar-refractivity contribution in [3.8, 4) is 6.07 Å². The number of aromatic nitrogens is 1. The molecule has 0 spiro atoms. The van der Waals surface area contributed by atoms with E-state index < -0.39 is 0 Å². The maximum atomic E-state index is 12.4. The summed E-state index contributed by atoms with van der Waals surface area (Å²) >= 11 is 5.96. The first-order valence-corrected chi connectivity index (χ1v) is 7.54. The second-order valence-electron chi connectivity index (χ2n) is 5.34. The zero-order valence-electron chi connectivity index (χ0n) is 12.4. The number of aromatic amines is 1. The van der Waals surface area contributed by atoms with E-state index in [0.29, 0.717) is 16.3 Å². The average Bonchev–Trinajstić information content (AvgIpc) is 2.98. The van der Waals surface area contributed by atoms with Gasteiger partial charge in [0.05, 0.1) is 17.7 Å². The molecule has 3 rings (SSSR count). The Morgan fingerprint density at radius 3 is 2.65 bits per heavy atom. The molecule has 0 radical (unpaired) electrons. The molecule has 1 aromatic heterocycles. The summed E-state index contributed by atoms with van der Waals surface area (Å²) in [6.45, 7) is 1.90. The molecule has 114 valence electrons. The third-order valence-corrected chi connectivity index (χ3v) is 3.95. The van der Waals surface area contributed by atoms with E-state index >= 15 is 0 Å². The van der Waals surface area contributed by atoms with E-state index in [0.717, 1.165) is 16.5 Å². The second kappa shape index (κ2) is 6.15. The number of hydrogen-bond acceptors (Lipinski definition) is 2. The Bertz CT molecular complexity index is 906. The first kappa shape index (κ1) is 15.1. The predicted molar refractivity (Wildman–Crippen MR) is 90.3 cm³/mol. The molecule has 23 heavy (non-hydrogen) atoms. The van der Waals surface area contributed by atoms with Gasteiger partial charge in [0.15, 0.2) is 0 Å². The lowest BCUT2D eigenvalue weighted by Crippen LogP contribution is -2.26. The van der Waals surface area contributed by atoms with E-state index in [1.54, 1.807) is 24.3 Å². The third-order valence-electron chi connectivity index (χ3n) is 3.71. The topological polar surface area (TPSA) is 68.7 Å². The van der Waals surface area contributed by atoms with Gasteiger partial charge < -0.3 is 10.3 Å². The lowest BCUT2D eigenvalue weighted by atomic mass is 10.1. The van der Waals surface area contributed by atoms with Gasteiger partial charge in [-0.1, -0.05) is 23.7 Å². The van der Waals surface area contributed by atoms with Gasteiger partial charge in [-0.3, -0.25) is 4.79 Å². The number of H-pyrrole nitrogens is 1. The van der Waals surface area contributed by atoms with Crippen LogP contribution >= 0.6 is 11.6 Å². The number of hydrogen-bond donors (Lipinski definition) is 2. The Morgan fingerprint density at radius 2 is 1.96 bits per heavy atom. The number of amides is 1. The van der Waals surface area contributed by atoms with Crippen molar-refractivity contribution in [3.63, 3.8) is 0 Å². The summed E-state index contributed by atoms with van der Waals surface area (Å²) in [7, 11) is 0. The Morgan fingerprint density at radius 1 is 1.22 bits per heavy atom. The highest BCUT2D eigenvalue weighted by atomic mass is 35.5. The number of nitrogens with zero attached hydrogens (tertiary/aromatic N) is 1. The fourth-order valence-corrected chi connectivity index (χ4v) is 2.61. The number of carbonyl (C=O) groups is 1. The summed E-state index contributed by atoms with van der Waals surface area (Å²) in [5.41, 5.74) is 2.89. The lowest BCUT2D eigenvalue weighted by molar-refractivity contribution is 0.0935. The first-order chi connectivity index (χ1) is 11.1. The Hall–Kier alpha value is -2.77. The molecule has 3 aromatic rings. The molecule has 2 N–H and O–H groups in total. The monoisotopic (exact) mass is 323 g/mol. The van der Waals surface area contributed by atoms with Crippen LogP contribution in [0, 0.1) is 11.3 Å². The number of nitrogens with one attached hydrogen (secondary N) is 2. The van der Waals surface area contributed by atoms with Crippen LogP contribution < -0.4 is 5.32 Å². The van der Waals surface area contributed by atoms with Crippen molar-refractivity contribution >= 4 is 28.4 Å². The minimum absolute atomic E-state index is 0.162. The molecule has 2 aromatic carbocycles. The highest BCUT2D eigenvalue weighted by Crippen LogP contribution is 2.21. The van der Waals surface area contributed by atoms with Crippen molar-refractivity contribution in [1.82, 2.24) is 10.3 Å². The molecule has 0 saturated carbocycles. The predicted octanol–water partition coefficient (Wildman–Crippen LogP) is 4.18. The maximum Gasteiger partial charge on any atom is 0.268 e. The molecule has 0 aliphatic rings. The highest BCUT2D eigenvalue weighted by Gasteiger charge is 2.14. The van der Waals surface area contributed by atoms with Crippen molar-refractivity contribution in [2.24, 2.45) is 0 Å². The van der Waals surface area contributed by atoms with Crippen LogP contribution in [-0.4, -0.2) is 10.9 Å². The molecule has 0 fully saturated rings. The van der Waals surface area contributed by atoms with E-state index in [1.807, 2.05) is 31.2 Å². The van der Waals surface area contributed by atoms with Crippen molar-refractivity contribution in [1.29, 1.82) is 5.26 Å². The smallest absolute Gasteiger partial charge is 0.268 e. The van der Waals surface area contributed by atoms with Crippen LogP contribution in [0.15, 0.2) is 48.5 Å². The molecule has 0 aliphatic heterocycles. The SMILES string of the molecule is CC(NC(=O)c1cc2cc(Cl)ccc2[nH]1)c1ccc(C#N)cc1. The van der Waals surface area contributed by atoms with Crippen molar-refractivity contribution < 1.29 is 4.79 Å². The first-order valence-electron chi connectivity index (χ1n) is 7.16. The van der Waals surface area contributed by atoms with Gasteiger partial charge in [-0.2, -0.15) is 5.26 Å². The van der Waals surface area contributed by atoms with E-state index in [9.17, 15) is 4.79 Å². The van der Waals surface area contributed by atoms with Crippen LogP contribution in [0.3, 0.4) is 0 Å². The van der Waals surface area contributed by atoms with Gasteiger partial charge in [-0.15, -0.1) is 0 Å². The fraction of sp³-hybridized carbons (Fsp3) is 0.111. The summed E-state index contributed by atoms with van der Waals surface area (Å²) in [6, 6.07) is 16.3. The third kappa shape index (κ3) is 3.20. The van der Waals surface area contributed by atoms with E-state index in [1.165, 1.54) is 0 Å². The number of benzene rings is 2. The summed E-state index contributed by atoms with van der Waals surface area (Å²) in [5.74, 6) is -0.186.